The third-order valence-electron chi connectivity index (χ3n) is 5.12. The van der Waals surface area contributed by atoms with E-state index in [0.717, 1.165) is 22.3 Å². The topological polar surface area (TPSA) is 163 Å². The van der Waals surface area contributed by atoms with Crippen molar-refractivity contribution in [1.82, 2.24) is 0 Å². The number of hydrogen-bond donors (Lipinski definition) is 4. The summed E-state index contributed by atoms with van der Waals surface area (Å²) in [6, 6.07) is 34.3. The Morgan fingerprint density at radius 1 is 0.405 bits per heavy atom. The van der Waals surface area contributed by atoms with Gasteiger partial charge in [0.25, 0.3) is 0 Å². The number of benzene rings is 4. The highest BCUT2D eigenvalue weighted by molar-refractivity contribution is 6.13. The van der Waals surface area contributed by atoms with Crippen molar-refractivity contribution in [2.24, 2.45) is 43.3 Å². The van der Waals surface area contributed by atoms with Crippen LogP contribution in [0.1, 0.15) is 22.3 Å². The second-order valence-electron chi connectivity index (χ2n) is 7.83. The van der Waals surface area contributed by atoms with Crippen LogP contribution in [0.4, 0.5) is 0 Å². The molecular weight excluding hydrogens is 464 g/mol. The van der Waals surface area contributed by atoms with Crippen LogP contribution in [0.25, 0.3) is 0 Å². The molecule has 4 aromatic carbocycles. The molecule has 0 unspecified atom stereocenters. The van der Waals surface area contributed by atoms with Gasteiger partial charge in [0.2, 0.25) is 11.9 Å². The van der Waals surface area contributed by atoms with Crippen LogP contribution < -0.4 is 27.7 Å². The molecule has 0 bridgehead atoms. The minimum absolute atomic E-state index is 0.115. The molecule has 37 heavy (non-hydrogen) atoms. The Balaban J connectivity index is 1.55. The van der Waals surface area contributed by atoms with Crippen LogP contribution in [-0.4, -0.2) is 23.3 Å². The zero-order valence-corrected chi connectivity index (χ0v) is 19.9. The number of ether oxygens (including phenoxy) is 1. The largest absolute Gasteiger partial charge is 0.457 e. The van der Waals surface area contributed by atoms with E-state index in [4.69, 9.17) is 27.7 Å². The molecule has 9 nitrogen and oxygen atoms in total. The molecule has 9 heteroatoms. The summed E-state index contributed by atoms with van der Waals surface area (Å²) < 4.78 is 6.04. The predicted octanol–water partition coefficient (Wildman–Crippen LogP) is 3.53. The van der Waals surface area contributed by atoms with Crippen LogP contribution in [0.15, 0.2) is 130 Å². The Hall–Kier alpha value is -5.44. The van der Waals surface area contributed by atoms with Crippen LogP contribution in [0.5, 0.6) is 11.5 Å². The molecule has 4 rings (SSSR count). The van der Waals surface area contributed by atoms with E-state index in [0.29, 0.717) is 22.9 Å². The first kappa shape index (κ1) is 24.7. The molecule has 0 saturated heterocycles. The highest BCUT2D eigenvalue weighted by atomic mass is 16.5. The SMILES string of the molecule is NC(N)=N/N=C(\c1ccccc1)c1ccc(Oc2ccc(/C(=N/N=C(N)N)c3ccccc3)cc2)cc1. The maximum absolute atomic E-state index is 6.04. The quantitative estimate of drug-likeness (QED) is 0.168. The number of hydrogen-bond acceptors (Lipinski definition) is 5. The van der Waals surface area contributed by atoms with Crippen molar-refractivity contribution in [1.29, 1.82) is 0 Å². The summed E-state index contributed by atoms with van der Waals surface area (Å²) in [6.07, 6.45) is 0. The van der Waals surface area contributed by atoms with E-state index in [2.05, 4.69) is 20.4 Å². The van der Waals surface area contributed by atoms with Crippen LogP contribution in [0.2, 0.25) is 0 Å². The molecule has 0 aliphatic carbocycles. The number of guanidine groups is 2. The van der Waals surface area contributed by atoms with Crippen LogP contribution in [0.3, 0.4) is 0 Å². The van der Waals surface area contributed by atoms with Crippen molar-refractivity contribution in [2.45, 2.75) is 0 Å². The van der Waals surface area contributed by atoms with Gasteiger partial charge >= 0.3 is 0 Å². The lowest BCUT2D eigenvalue weighted by Crippen LogP contribution is -2.22. The molecule has 8 N–H and O–H groups in total. The van der Waals surface area contributed by atoms with Gasteiger partial charge in [-0.2, -0.15) is 0 Å². The first-order chi connectivity index (χ1) is 18.0. The summed E-state index contributed by atoms with van der Waals surface area (Å²) in [5.41, 5.74) is 26.6. The molecule has 0 heterocycles. The van der Waals surface area contributed by atoms with Gasteiger partial charge in [-0.3, -0.25) is 0 Å². The number of nitrogens with two attached hydrogens (primary N) is 4. The lowest BCUT2D eigenvalue weighted by atomic mass is 10.0. The summed E-state index contributed by atoms with van der Waals surface area (Å²) in [7, 11) is 0. The normalized spacial score (nSPS) is 11.5. The fourth-order valence-corrected chi connectivity index (χ4v) is 3.47. The molecule has 0 saturated carbocycles. The minimum Gasteiger partial charge on any atom is -0.457 e. The van der Waals surface area contributed by atoms with Crippen LogP contribution in [-0.2, 0) is 0 Å². The smallest absolute Gasteiger partial charge is 0.211 e. The van der Waals surface area contributed by atoms with Gasteiger partial charge in [-0.1, -0.05) is 60.7 Å². The Labute approximate surface area is 214 Å². The third kappa shape index (κ3) is 6.80. The van der Waals surface area contributed by atoms with Crippen molar-refractivity contribution in [3.05, 3.63) is 131 Å². The van der Waals surface area contributed by atoms with E-state index < -0.39 is 0 Å². The Bertz CT molecular complexity index is 1320. The Morgan fingerprint density at radius 3 is 1.05 bits per heavy atom. The molecule has 0 spiro atoms. The first-order valence-corrected chi connectivity index (χ1v) is 11.3. The van der Waals surface area contributed by atoms with Gasteiger partial charge in [-0.15, -0.1) is 20.4 Å². The van der Waals surface area contributed by atoms with E-state index in [1.54, 1.807) is 0 Å². The first-order valence-electron chi connectivity index (χ1n) is 11.3. The molecule has 184 valence electrons. The lowest BCUT2D eigenvalue weighted by molar-refractivity contribution is 0.482. The van der Waals surface area contributed by atoms with Gasteiger partial charge in [-0.05, 0) is 48.5 Å². The third-order valence-corrected chi connectivity index (χ3v) is 5.12. The van der Waals surface area contributed by atoms with Crippen LogP contribution >= 0.6 is 0 Å². The molecule has 0 aliphatic rings. The molecular formula is C28H26N8O. The second-order valence-corrected chi connectivity index (χ2v) is 7.83. The highest BCUT2D eigenvalue weighted by Crippen LogP contribution is 2.24. The van der Waals surface area contributed by atoms with Crippen LogP contribution in [0, 0.1) is 0 Å². The fourth-order valence-electron chi connectivity index (χ4n) is 3.47. The second kappa shape index (κ2) is 11.8. The predicted molar refractivity (Wildman–Crippen MR) is 149 cm³/mol. The van der Waals surface area contributed by atoms with E-state index in [-0.39, 0.29) is 11.9 Å². The van der Waals surface area contributed by atoms with E-state index in [9.17, 15) is 0 Å². The van der Waals surface area contributed by atoms with Gasteiger partial charge < -0.3 is 27.7 Å². The molecule has 0 atom stereocenters. The Kier molecular flexibility index (Phi) is 7.87. The summed E-state index contributed by atoms with van der Waals surface area (Å²) in [4.78, 5) is 0. The van der Waals surface area contributed by atoms with Crippen molar-refractivity contribution >= 4 is 23.3 Å². The highest BCUT2D eigenvalue weighted by Gasteiger charge is 2.10. The van der Waals surface area contributed by atoms with E-state index in [1.807, 2.05) is 109 Å². The number of nitrogens with zero attached hydrogens (tertiary/aromatic N) is 4. The summed E-state index contributed by atoms with van der Waals surface area (Å²) in [6.45, 7) is 0. The molecule has 0 amide bonds. The average Bonchev–Trinajstić information content (AvgIpc) is 2.91. The van der Waals surface area contributed by atoms with Gasteiger partial charge in [0, 0.05) is 22.3 Å². The number of rotatable bonds is 8. The van der Waals surface area contributed by atoms with Gasteiger partial charge in [0.1, 0.15) is 22.9 Å². The van der Waals surface area contributed by atoms with E-state index in [1.165, 1.54) is 0 Å². The molecule has 0 fully saturated rings. The monoisotopic (exact) mass is 490 g/mol. The van der Waals surface area contributed by atoms with Crippen molar-refractivity contribution < 1.29 is 4.74 Å². The maximum Gasteiger partial charge on any atom is 0.211 e. The van der Waals surface area contributed by atoms with Gasteiger partial charge in [0.15, 0.2) is 0 Å². The summed E-state index contributed by atoms with van der Waals surface area (Å²) >= 11 is 0. The fraction of sp³-hybridized carbons (Fsp3) is 0. The van der Waals surface area contributed by atoms with Crippen molar-refractivity contribution in [2.75, 3.05) is 0 Å². The molecule has 0 radical (unpaired) electrons. The van der Waals surface area contributed by atoms with E-state index >= 15 is 0 Å². The zero-order chi connectivity index (χ0) is 26.0. The van der Waals surface area contributed by atoms with Gasteiger partial charge in [0.05, 0.1) is 0 Å². The summed E-state index contributed by atoms with van der Waals surface area (Å²) in [5.74, 6) is 1.08. The van der Waals surface area contributed by atoms with Gasteiger partial charge in [-0.25, -0.2) is 0 Å². The molecule has 0 aliphatic heterocycles. The Morgan fingerprint density at radius 2 is 0.730 bits per heavy atom. The molecule has 0 aromatic heterocycles. The zero-order valence-electron chi connectivity index (χ0n) is 19.9. The minimum atomic E-state index is -0.115. The summed E-state index contributed by atoms with van der Waals surface area (Å²) in [5, 5.41) is 16.1. The standard InChI is InChI=1S/C28H26N8O/c29-27(30)35-33-25(19-7-3-1-4-8-19)21-11-15-23(16-12-21)37-24-17-13-22(14-18-24)26(34-36-28(31)32)20-9-5-2-6-10-20/h1-18H,(H4,29,30,35)(H4,31,32,36)/b33-25+,34-26+. The van der Waals surface area contributed by atoms with Crippen molar-refractivity contribution in [3.8, 4) is 11.5 Å². The van der Waals surface area contributed by atoms with Crippen molar-refractivity contribution in [3.63, 3.8) is 0 Å². The molecule has 4 aromatic rings. The lowest BCUT2D eigenvalue weighted by Gasteiger charge is -2.10. The maximum atomic E-state index is 6.04. The average molecular weight is 491 g/mol.